The van der Waals surface area contributed by atoms with Crippen LogP contribution in [0.1, 0.15) is 64.5 Å². The summed E-state index contributed by atoms with van der Waals surface area (Å²) in [5, 5.41) is 0. The van der Waals surface area contributed by atoms with Crippen LogP contribution in [0.25, 0.3) is 0 Å². The molecule has 0 nitrogen and oxygen atoms in total. The Balaban J connectivity index is 0.000000617. The lowest BCUT2D eigenvalue weighted by Crippen LogP contribution is -2.08. The minimum atomic E-state index is 0. The van der Waals surface area contributed by atoms with E-state index in [2.05, 4.69) is 31.2 Å². The van der Waals surface area contributed by atoms with Gasteiger partial charge in [-0.25, -0.2) is 0 Å². The van der Waals surface area contributed by atoms with Crippen LogP contribution in [0.3, 0.4) is 0 Å². The molecule has 0 saturated carbocycles. The second-order valence-electron chi connectivity index (χ2n) is 3.70. The molecule has 0 spiro atoms. The summed E-state index contributed by atoms with van der Waals surface area (Å²) in [5.41, 5.74) is 3.21. The van der Waals surface area contributed by atoms with Gasteiger partial charge in [0.05, 0.1) is 0 Å². The first-order chi connectivity index (χ1) is 6.92. The van der Waals surface area contributed by atoms with Gasteiger partial charge in [0.15, 0.2) is 0 Å². The van der Waals surface area contributed by atoms with Gasteiger partial charge in [-0.2, -0.15) is 0 Å². The number of hydrogen-bond acceptors (Lipinski definition) is 0. The molecule has 1 aromatic carbocycles. The summed E-state index contributed by atoms with van der Waals surface area (Å²) in [5.74, 6) is 0.843. The van der Waals surface area contributed by atoms with Gasteiger partial charge >= 0.3 is 0 Å². The lowest BCUT2D eigenvalue weighted by Gasteiger charge is -2.23. The van der Waals surface area contributed by atoms with E-state index in [0.29, 0.717) is 0 Å². The van der Waals surface area contributed by atoms with Crippen LogP contribution in [0, 0.1) is 0 Å². The fraction of sp³-hybridized carbons (Fsp3) is 0.600. The number of fused-ring (bicyclic) bond motifs is 1. The first-order valence-corrected chi connectivity index (χ1v) is 5.99. The molecule has 15 heavy (non-hydrogen) atoms. The van der Waals surface area contributed by atoms with E-state index in [-0.39, 0.29) is 7.43 Å². The van der Waals surface area contributed by atoms with Gasteiger partial charge in [0.25, 0.3) is 0 Å². The summed E-state index contributed by atoms with van der Waals surface area (Å²) in [7, 11) is 0. The largest absolute Gasteiger partial charge is 0.0776 e. The maximum atomic E-state index is 2.31. The second kappa shape index (κ2) is 7.50. The molecule has 1 atom stereocenters. The molecule has 1 unspecified atom stereocenters. The standard InChI is InChI=1S/C12H16.C2H6.CH4/c1-2-10-7-5-8-11-6-3-4-9-12(10)11;1-2;/h3-4,6,9-10H,2,5,7-8H2,1H3;1-2H3;1H4. The van der Waals surface area contributed by atoms with Crippen molar-refractivity contribution >= 4 is 0 Å². The van der Waals surface area contributed by atoms with Gasteiger partial charge in [0.1, 0.15) is 0 Å². The zero-order valence-corrected chi connectivity index (χ0v) is 9.72. The highest BCUT2D eigenvalue weighted by Crippen LogP contribution is 2.33. The monoisotopic (exact) mass is 206 g/mol. The molecule has 0 fully saturated rings. The van der Waals surface area contributed by atoms with Crippen molar-refractivity contribution in [3.05, 3.63) is 35.4 Å². The predicted octanol–water partition coefficient (Wildman–Crippen LogP) is 5.18. The summed E-state index contributed by atoms with van der Waals surface area (Å²) >= 11 is 0. The molecule has 86 valence electrons. The molecule has 0 bridgehead atoms. The maximum Gasteiger partial charge on any atom is -0.0162 e. The van der Waals surface area contributed by atoms with Gasteiger partial charge in [-0.3, -0.25) is 0 Å². The highest BCUT2D eigenvalue weighted by molar-refractivity contribution is 5.32. The van der Waals surface area contributed by atoms with Crippen LogP contribution in [0.2, 0.25) is 0 Å². The Hall–Kier alpha value is -0.780. The average molecular weight is 206 g/mol. The molecule has 0 N–H and O–H groups in total. The van der Waals surface area contributed by atoms with E-state index >= 15 is 0 Å². The average Bonchev–Trinajstić information content (AvgIpc) is 2.31. The maximum absolute atomic E-state index is 2.31. The highest BCUT2D eigenvalue weighted by Gasteiger charge is 2.17. The van der Waals surface area contributed by atoms with Crippen molar-refractivity contribution in [2.75, 3.05) is 0 Å². The van der Waals surface area contributed by atoms with Crippen LogP contribution in [-0.2, 0) is 6.42 Å². The van der Waals surface area contributed by atoms with Crippen LogP contribution < -0.4 is 0 Å². The number of benzene rings is 1. The summed E-state index contributed by atoms with van der Waals surface area (Å²) in [6.45, 7) is 6.30. The Morgan fingerprint density at radius 2 is 1.87 bits per heavy atom. The smallest absolute Gasteiger partial charge is 0.0162 e. The molecule has 0 aromatic heterocycles. The Labute approximate surface area is 95.7 Å². The SMILES string of the molecule is C.CC.CCC1CCCc2ccccc21. The molecule has 2 rings (SSSR count). The van der Waals surface area contributed by atoms with E-state index in [1.807, 2.05) is 13.8 Å². The quantitative estimate of drug-likeness (QED) is 0.594. The number of aryl methyl sites for hydroxylation is 1. The third-order valence-electron chi connectivity index (χ3n) is 2.99. The third kappa shape index (κ3) is 3.37. The molecular weight excluding hydrogens is 180 g/mol. The molecule has 0 heterocycles. The van der Waals surface area contributed by atoms with Crippen molar-refractivity contribution in [2.24, 2.45) is 0 Å². The molecule has 0 amide bonds. The number of hydrogen-bond donors (Lipinski definition) is 0. The zero-order valence-electron chi connectivity index (χ0n) is 9.72. The van der Waals surface area contributed by atoms with E-state index in [1.165, 1.54) is 25.7 Å². The molecule has 0 heteroatoms. The Morgan fingerprint density at radius 1 is 1.20 bits per heavy atom. The van der Waals surface area contributed by atoms with Crippen molar-refractivity contribution in [1.29, 1.82) is 0 Å². The molecule has 1 aliphatic rings. The van der Waals surface area contributed by atoms with Crippen LogP contribution in [0.4, 0.5) is 0 Å². The molecule has 0 radical (unpaired) electrons. The predicted molar refractivity (Wildman–Crippen MR) is 70.5 cm³/mol. The van der Waals surface area contributed by atoms with E-state index < -0.39 is 0 Å². The lowest BCUT2D eigenvalue weighted by atomic mass is 9.81. The van der Waals surface area contributed by atoms with Crippen LogP contribution >= 0.6 is 0 Å². The van der Waals surface area contributed by atoms with Crippen molar-refractivity contribution in [1.82, 2.24) is 0 Å². The van der Waals surface area contributed by atoms with E-state index in [4.69, 9.17) is 0 Å². The molecule has 1 aromatic rings. The normalized spacial score (nSPS) is 17.9. The zero-order chi connectivity index (χ0) is 10.4. The molecular formula is C15H26. The molecule has 1 aliphatic carbocycles. The second-order valence-corrected chi connectivity index (χ2v) is 3.70. The van der Waals surface area contributed by atoms with Gasteiger partial charge in [0, 0.05) is 0 Å². The third-order valence-corrected chi connectivity index (χ3v) is 2.99. The fourth-order valence-corrected chi connectivity index (χ4v) is 2.28. The van der Waals surface area contributed by atoms with Gasteiger partial charge < -0.3 is 0 Å². The van der Waals surface area contributed by atoms with Crippen LogP contribution in [0.15, 0.2) is 24.3 Å². The summed E-state index contributed by atoms with van der Waals surface area (Å²) < 4.78 is 0. The minimum absolute atomic E-state index is 0. The topological polar surface area (TPSA) is 0 Å². The van der Waals surface area contributed by atoms with Crippen LogP contribution in [0.5, 0.6) is 0 Å². The summed E-state index contributed by atoms with van der Waals surface area (Å²) in [4.78, 5) is 0. The first kappa shape index (κ1) is 14.2. The Morgan fingerprint density at radius 3 is 2.53 bits per heavy atom. The summed E-state index contributed by atoms with van der Waals surface area (Å²) in [6, 6.07) is 8.93. The van der Waals surface area contributed by atoms with Crippen molar-refractivity contribution < 1.29 is 0 Å². The van der Waals surface area contributed by atoms with E-state index in [1.54, 1.807) is 11.1 Å². The Kier molecular flexibility index (Phi) is 7.11. The minimum Gasteiger partial charge on any atom is -0.0776 e. The Bertz CT molecular complexity index is 262. The van der Waals surface area contributed by atoms with Gasteiger partial charge in [-0.05, 0) is 42.7 Å². The molecule has 0 aliphatic heterocycles. The van der Waals surface area contributed by atoms with Crippen LogP contribution in [-0.4, -0.2) is 0 Å². The lowest BCUT2D eigenvalue weighted by molar-refractivity contribution is 0.540. The highest BCUT2D eigenvalue weighted by atomic mass is 14.2. The molecule has 0 saturated heterocycles. The fourth-order valence-electron chi connectivity index (χ4n) is 2.28. The van der Waals surface area contributed by atoms with Gasteiger partial charge in [-0.1, -0.05) is 52.5 Å². The van der Waals surface area contributed by atoms with Crippen molar-refractivity contribution in [3.8, 4) is 0 Å². The van der Waals surface area contributed by atoms with E-state index in [0.717, 1.165) is 5.92 Å². The first-order valence-electron chi connectivity index (χ1n) is 5.99. The van der Waals surface area contributed by atoms with Gasteiger partial charge in [-0.15, -0.1) is 0 Å². The van der Waals surface area contributed by atoms with Gasteiger partial charge in [0.2, 0.25) is 0 Å². The van der Waals surface area contributed by atoms with Crippen molar-refractivity contribution in [2.45, 2.75) is 59.8 Å². The van der Waals surface area contributed by atoms with Crippen molar-refractivity contribution in [3.63, 3.8) is 0 Å². The summed E-state index contributed by atoms with van der Waals surface area (Å²) in [6.07, 6.45) is 5.38. The van der Waals surface area contributed by atoms with E-state index in [9.17, 15) is 0 Å². The number of rotatable bonds is 1.